The second kappa shape index (κ2) is 7.42. The predicted molar refractivity (Wildman–Crippen MR) is 91.0 cm³/mol. The molecule has 0 radical (unpaired) electrons. The monoisotopic (exact) mass is 342 g/mol. The van der Waals surface area contributed by atoms with Crippen LogP contribution < -0.4 is 5.32 Å². The highest BCUT2D eigenvalue weighted by molar-refractivity contribution is 5.92. The predicted octanol–water partition coefficient (Wildman–Crippen LogP) is 0.665. The molecule has 2 aromatic rings. The van der Waals surface area contributed by atoms with Crippen LogP contribution in [0.4, 0.5) is 0 Å². The van der Waals surface area contributed by atoms with Gasteiger partial charge < -0.3 is 10.2 Å². The fourth-order valence-corrected chi connectivity index (χ4v) is 3.16. The highest BCUT2D eigenvalue weighted by atomic mass is 16.2. The summed E-state index contributed by atoms with van der Waals surface area (Å²) in [5.74, 6) is 0.0622. The third-order valence-corrected chi connectivity index (χ3v) is 4.42. The van der Waals surface area contributed by atoms with Gasteiger partial charge in [0, 0.05) is 39.1 Å². The zero-order chi connectivity index (χ0) is 17.8. The maximum absolute atomic E-state index is 12.6. The molecule has 1 fully saturated rings. The van der Waals surface area contributed by atoms with Gasteiger partial charge in [-0.1, -0.05) is 0 Å². The van der Waals surface area contributed by atoms with Crippen molar-refractivity contribution in [1.29, 1.82) is 0 Å². The average Bonchev–Trinajstić information content (AvgIpc) is 3.07. The lowest BCUT2D eigenvalue weighted by Crippen LogP contribution is -2.40. The van der Waals surface area contributed by atoms with E-state index in [0.29, 0.717) is 23.9 Å². The van der Waals surface area contributed by atoms with E-state index in [-0.39, 0.29) is 11.8 Å². The molecule has 0 bridgehead atoms. The van der Waals surface area contributed by atoms with Crippen molar-refractivity contribution in [2.24, 2.45) is 13.0 Å². The van der Waals surface area contributed by atoms with Gasteiger partial charge in [-0.05, 0) is 37.3 Å². The van der Waals surface area contributed by atoms with Crippen LogP contribution in [0, 0.1) is 5.92 Å². The molecule has 1 atom stereocenters. The molecule has 1 N–H and O–H groups in total. The summed E-state index contributed by atoms with van der Waals surface area (Å²) in [4.78, 5) is 34.4. The number of nitrogens with zero attached hydrogens (tertiary/aromatic N) is 5. The van der Waals surface area contributed by atoms with Crippen molar-refractivity contribution in [2.45, 2.75) is 19.3 Å². The van der Waals surface area contributed by atoms with Crippen molar-refractivity contribution in [1.82, 2.24) is 30.0 Å². The first-order valence-electron chi connectivity index (χ1n) is 8.38. The third kappa shape index (κ3) is 4.01. The molecule has 3 heterocycles. The third-order valence-electron chi connectivity index (χ3n) is 4.42. The van der Waals surface area contributed by atoms with E-state index in [1.807, 2.05) is 4.90 Å². The number of amides is 2. The first-order valence-corrected chi connectivity index (χ1v) is 8.38. The van der Waals surface area contributed by atoms with Gasteiger partial charge in [0.15, 0.2) is 0 Å². The van der Waals surface area contributed by atoms with E-state index in [1.54, 1.807) is 37.1 Å². The lowest BCUT2D eigenvalue weighted by Gasteiger charge is -2.32. The van der Waals surface area contributed by atoms with E-state index in [0.717, 1.165) is 31.5 Å². The fourth-order valence-electron chi connectivity index (χ4n) is 3.16. The molecule has 2 amide bonds. The topological polar surface area (TPSA) is 93.0 Å². The molecule has 2 aromatic heterocycles. The van der Waals surface area contributed by atoms with E-state index in [2.05, 4.69) is 20.4 Å². The summed E-state index contributed by atoms with van der Waals surface area (Å²) in [6.07, 6.45) is 5.90. The van der Waals surface area contributed by atoms with Crippen molar-refractivity contribution in [3.8, 4) is 0 Å². The molecule has 0 aromatic carbocycles. The first-order chi connectivity index (χ1) is 12.1. The summed E-state index contributed by atoms with van der Waals surface area (Å²) in [6.45, 7) is 1.42. The Morgan fingerprint density at radius 2 is 2.16 bits per heavy atom. The van der Waals surface area contributed by atoms with E-state index in [1.165, 1.54) is 6.33 Å². The van der Waals surface area contributed by atoms with Gasteiger partial charge in [-0.25, -0.2) is 9.97 Å². The summed E-state index contributed by atoms with van der Waals surface area (Å²) in [5, 5.41) is 6.76. The van der Waals surface area contributed by atoms with Crippen LogP contribution in [-0.2, 0) is 13.5 Å². The van der Waals surface area contributed by atoms with Crippen LogP contribution >= 0.6 is 0 Å². The number of piperidine rings is 1. The normalized spacial score (nSPS) is 17.4. The van der Waals surface area contributed by atoms with E-state index in [9.17, 15) is 9.59 Å². The number of likely N-dealkylation sites (tertiary alicyclic amines) is 1. The number of hydrogen-bond acceptors (Lipinski definition) is 5. The molecule has 3 rings (SSSR count). The van der Waals surface area contributed by atoms with E-state index < -0.39 is 0 Å². The number of aromatic nitrogens is 4. The minimum Gasteiger partial charge on any atom is -0.354 e. The molecule has 0 aliphatic carbocycles. The van der Waals surface area contributed by atoms with Crippen LogP contribution in [0.25, 0.3) is 0 Å². The summed E-state index contributed by atoms with van der Waals surface area (Å²) in [6, 6.07) is 3.46. The Morgan fingerprint density at radius 3 is 2.88 bits per heavy atom. The molecular weight excluding hydrogens is 320 g/mol. The van der Waals surface area contributed by atoms with Gasteiger partial charge >= 0.3 is 0 Å². The maximum atomic E-state index is 12.6. The van der Waals surface area contributed by atoms with E-state index in [4.69, 9.17) is 0 Å². The average molecular weight is 342 g/mol. The molecule has 1 aliphatic heterocycles. The van der Waals surface area contributed by atoms with Gasteiger partial charge in [0.05, 0.1) is 0 Å². The Kier molecular flexibility index (Phi) is 5.06. The molecule has 0 spiro atoms. The molecule has 0 saturated carbocycles. The van der Waals surface area contributed by atoms with Crippen molar-refractivity contribution in [2.75, 3.05) is 20.1 Å². The van der Waals surface area contributed by atoms with Crippen molar-refractivity contribution in [3.05, 3.63) is 41.7 Å². The fraction of sp³-hybridized carbons (Fsp3) is 0.471. The van der Waals surface area contributed by atoms with Crippen molar-refractivity contribution in [3.63, 3.8) is 0 Å². The van der Waals surface area contributed by atoms with Crippen molar-refractivity contribution >= 4 is 11.8 Å². The summed E-state index contributed by atoms with van der Waals surface area (Å²) >= 11 is 0. The Labute approximate surface area is 146 Å². The van der Waals surface area contributed by atoms with Gasteiger partial charge in [0.1, 0.15) is 17.7 Å². The Bertz CT molecular complexity index is 772. The molecule has 1 saturated heterocycles. The van der Waals surface area contributed by atoms with Gasteiger partial charge in [0.2, 0.25) is 0 Å². The minimum absolute atomic E-state index is 0.0287. The molecular formula is C17H22N6O2. The second-order valence-electron chi connectivity index (χ2n) is 6.31. The van der Waals surface area contributed by atoms with Crippen LogP contribution in [-0.4, -0.2) is 56.6 Å². The maximum Gasteiger partial charge on any atom is 0.274 e. The smallest absolute Gasteiger partial charge is 0.274 e. The van der Waals surface area contributed by atoms with Gasteiger partial charge in [-0.2, -0.15) is 5.10 Å². The number of aryl methyl sites for hydroxylation is 1. The molecule has 25 heavy (non-hydrogen) atoms. The number of nitrogens with one attached hydrogen (secondary N) is 1. The van der Waals surface area contributed by atoms with Gasteiger partial charge in [-0.3, -0.25) is 14.3 Å². The minimum atomic E-state index is -0.223. The number of hydrogen-bond donors (Lipinski definition) is 1. The zero-order valence-corrected chi connectivity index (χ0v) is 14.5. The number of carbonyl (C=O) groups is 2. The quantitative estimate of drug-likeness (QED) is 0.881. The van der Waals surface area contributed by atoms with E-state index >= 15 is 0 Å². The van der Waals surface area contributed by atoms with Crippen LogP contribution in [0.1, 0.15) is 39.5 Å². The Hall–Kier alpha value is -2.77. The van der Waals surface area contributed by atoms with Crippen LogP contribution in [0.3, 0.4) is 0 Å². The summed E-state index contributed by atoms with van der Waals surface area (Å²) < 4.78 is 1.63. The SMILES string of the molecule is CNC(=O)c1cc(CC2CCCN(C(=O)c3ccn(C)n3)C2)ncn1. The Morgan fingerprint density at radius 1 is 1.32 bits per heavy atom. The van der Waals surface area contributed by atoms with Gasteiger partial charge in [0.25, 0.3) is 11.8 Å². The lowest BCUT2D eigenvalue weighted by molar-refractivity contribution is 0.0666. The highest BCUT2D eigenvalue weighted by Crippen LogP contribution is 2.21. The standard InChI is InChI=1S/C17H22N6O2/c1-18-16(24)15-9-13(19-11-20-15)8-12-4-3-6-23(10-12)17(25)14-5-7-22(2)21-14/h5,7,9,11-12H,3-4,6,8,10H2,1-2H3,(H,18,24). The molecule has 1 aliphatic rings. The largest absolute Gasteiger partial charge is 0.354 e. The molecule has 1 unspecified atom stereocenters. The lowest BCUT2D eigenvalue weighted by atomic mass is 9.93. The summed E-state index contributed by atoms with van der Waals surface area (Å²) in [7, 11) is 3.38. The van der Waals surface area contributed by atoms with Gasteiger partial charge in [-0.15, -0.1) is 0 Å². The first kappa shape index (κ1) is 17.1. The summed E-state index contributed by atoms with van der Waals surface area (Å²) in [5.41, 5.74) is 1.67. The molecule has 8 nitrogen and oxygen atoms in total. The van der Waals surface area contributed by atoms with Crippen LogP contribution in [0.2, 0.25) is 0 Å². The number of rotatable bonds is 4. The second-order valence-corrected chi connectivity index (χ2v) is 6.31. The van der Waals surface area contributed by atoms with Crippen LogP contribution in [0.15, 0.2) is 24.7 Å². The highest BCUT2D eigenvalue weighted by Gasteiger charge is 2.26. The van der Waals surface area contributed by atoms with Crippen LogP contribution in [0.5, 0.6) is 0 Å². The molecule has 8 heteroatoms. The zero-order valence-electron chi connectivity index (χ0n) is 14.5. The Balaban J connectivity index is 1.66. The number of carbonyl (C=O) groups excluding carboxylic acids is 2. The van der Waals surface area contributed by atoms with Crippen molar-refractivity contribution < 1.29 is 9.59 Å². The molecule has 132 valence electrons.